The fourth-order valence-electron chi connectivity index (χ4n) is 3.39. The van der Waals surface area contributed by atoms with Crippen molar-refractivity contribution in [2.45, 2.75) is 5.92 Å². The molecule has 3 N–H and O–H groups in total. The number of anilines is 1. The molecule has 1 saturated heterocycles. The van der Waals surface area contributed by atoms with E-state index >= 15 is 0 Å². The minimum absolute atomic E-state index is 0.169. The molecule has 0 spiro atoms. The molecule has 2 aromatic carbocycles. The Morgan fingerprint density at radius 1 is 1.24 bits per heavy atom. The van der Waals surface area contributed by atoms with Crippen LogP contribution >= 0.6 is 11.6 Å². The van der Waals surface area contributed by atoms with Crippen LogP contribution in [0.4, 0.5) is 10.1 Å². The number of hydrogen-bond donors (Lipinski definition) is 2. The number of nitrogens with two attached hydrogens (primary N) is 1. The summed E-state index contributed by atoms with van der Waals surface area (Å²) in [4.78, 5) is 14.4. The van der Waals surface area contributed by atoms with Crippen LogP contribution in [-0.2, 0) is 4.79 Å². The van der Waals surface area contributed by atoms with Gasteiger partial charge in [-0.25, -0.2) is 4.39 Å². The van der Waals surface area contributed by atoms with Crippen molar-refractivity contribution in [2.75, 3.05) is 31.5 Å². The average Bonchev–Trinajstić information content (AvgIpc) is 3.01. The van der Waals surface area contributed by atoms with E-state index in [4.69, 9.17) is 17.3 Å². The van der Waals surface area contributed by atoms with Crippen LogP contribution < -0.4 is 11.1 Å². The Morgan fingerprint density at radius 3 is 2.68 bits per heavy atom. The maximum absolute atomic E-state index is 13.1. The van der Waals surface area contributed by atoms with E-state index in [0.717, 1.165) is 13.1 Å². The van der Waals surface area contributed by atoms with Gasteiger partial charge in [0.1, 0.15) is 5.82 Å². The second kappa shape index (κ2) is 7.95. The maximum atomic E-state index is 13.1. The van der Waals surface area contributed by atoms with Gasteiger partial charge >= 0.3 is 0 Å². The van der Waals surface area contributed by atoms with Gasteiger partial charge in [0.2, 0.25) is 5.91 Å². The summed E-state index contributed by atoms with van der Waals surface area (Å²) in [5, 5.41) is 2.93. The molecule has 3 rings (SSSR count). The predicted molar refractivity (Wildman–Crippen MR) is 98.2 cm³/mol. The van der Waals surface area contributed by atoms with E-state index in [1.165, 1.54) is 23.8 Å². The smallest absolute Gasteiger partial charge is 0.238 e. The van der Waals surface area contributed by atoms with E-state index in [9.17, 15) is 9.18 Å². The Kier molecular flexibility index (Phi) is 5.68. The zero-order valence-corrected chi connectivity index (χ0v) is 14.5. The molecule has 1 amide bonds. The third-order valence-corrected chi connectivity index (χ3v) is 4.93. The lowest BCUT2D eigenvalue weighted by Crippen LogP contribution is -2.32. The molecule has 0 radical (unpaired) electrons. The Labute approximate surface area is 151 Å². The summed E-state index contributed by atoms with van der Waals surface area (Å²) in [6, 6.07) is 14.2. The first-order valence-corrected chi connectivity index (χ1v) is 8.67. The number of nitrogens with one attached hydrogen (secondary N) is 1. The number of likely N-dealkylation sites (tertiary alicyclic amines) is 1. The summed E-state index contributed by atoms with van der Waals surface area (Å²) in [7, 11) is 0. The monoisotopic (exact) mass is 361 g/mol. The highest BCUT2D eigenvalue weighted by Crippen LogP contribution is 2.32. The van der Waals surface area contributed by atoms with Gasteiger partial charge in [-0.2, -0.15) is 0 Å². The van der Waals surface area contributed by atoms with Crippen LogP contribution in [0.3, 0.4) is 0 Å². The summed E-state index contributed by atoms with van der Waals surface area (Å²) >= 11 is 5.95. The van der Waals surface area contributed by atoms with Crippen molar-refractivity contribution in [1.29, 1.82) is 0 Å². The zero-order valence-electron chi connectivity index (χ0n) is 13.8. The molecular weight excluding hydrogens is 341 g/mol. The fourth-order valence-corrected chi connectivity index (χ4v) is 3.60. The number of hydrogen-bond acceptors (Lipinski definition) is 3. The number of benzene rings is 2. The van der Waals surface area contributed by atoms with Crippen molar-refractivity contribution in [3.63, 3.8) is 0 Å². The van der Waals surface area contributed by atoms with E-state index in [2.05, 4.69) is 22.3 Å². The molecule has 1 heterocycles. The van der Waals surface area contributed by atoms with Crippen LogP contribution in [0.15, 0.2) is 48.5 Å². The highest BCUT2D eigenvalue weighted by atomic mass is 35.5. The summed E-state index contributed by atoms with van der Waals surface area (Å²) in [6.07, 6.45) is 0. The SMILES string of the molecule is NC[C@@H]1CN(CC(=O)Nc2ccc(F)cc2Cl)C[C@H]1c1ccccc1. The molecule has 0 aromatic heterocycles. The van der Waals surface area contributed by atoms with Crippen molar-refractivity contribution in [2.24, 2.45) is 11.7 Å². The number of halogens is 2. The largest absolute Gasteiger partial charge is 0.330 e. The molecule has 2 aromatic rings. The molecule has 1 aliphatic heterocycles. The Morgan fingerprint density at radius 2 is 2.00 bits per heavy atom. The van der Waals surface area contributed by atoms with Gasteiger partial charge in [0, 0.05) is 19.0 Å². The molecule has 132 valence electrons. The third-order valence-electron chi connectivity index (χ3n) is 4.62. The van der Waals surface area contributed by atoms with Crippen molar-refractivity contribution in [3.05, 3.63) is 64.9 Å². The first-order valence-electron chi connectivity index (χ1n) is 8.29. The van der Waals surface area contributed by atoms with Crippen LogP contribution in [0.25, 0.3) is 0 Å². The van der Waals surface area contributed by atoms with Crippen LogP contribution in [0, 0.1) is 11.7 Å². The van der Waals surface area contributed by atoms with Crippen molar-refractivity contribution < 1.29 is 9.18 Å². The molecule has 0 bridgehead atoms. The minimum atomic E-state index is -0.431. The van der Waals surface area contributed by atoms with Gasteiger partial charge in [-0.1, -0.05) is 41.9 Å². The average molecular weight is 362 g/mol. The van der Waals surface area contributed by atoms with E-state index in [1.54, 1.807) is 0 Å². The first kappa shape index (κ1) is 17.9. The van der Waals surface area contributed by atoms with E-state index in [0.29, 0.717) is 24.1 Å². The molecule has 1 fully saturated rings. The van der Waals surface area contributed by atoms with Gasteiger partial charge in [-0.05, 0) is 36.2 Å². The number of carbonyl (C=O) groups excluding carboxylic acids is 1. The van der Waals surface area contributed by atoms with Gasteiger partial charge in [0.25, 0.3) is 0 Å². The standard InChI is InChI=1S/C19H21ClFN3O/c20-17-8-15(21)6-7-18(17)23-19(25)12-24-10-14(9-22)16(11-24)13-4-2-1-3-5-13/h1-8,14,16H,9-12,22H2,(H,23,25)/t14-,16+/m1/s1. The van der Waals surface area contributed by atoms with Gasteiger partial charge in [-0.3, -0.25) is 9.69 Å². The number of amides is 1. The Bertz CT molecular complexity index is 741. The van der Waals surface area contributed by atoms with Gasteiger partial charge in [-0.15, -0.1) is 0 Å². The van der Waals surface area contributed by atoms with Gasteiger partial charge in [0.05, 0.1) is 17.3 Å². The highest BCUT2D eigenvalue weighted by molar-refractivity contribution is 6.33. The molecule has 1 aliphatic rings. The third kappa shape index (κ3) is 4.37. The molecule has 0 unspecified atom stereocenters. The maximum Gasteiger partial charge on any atom is 0.238 e. The first-order chi connectivity index (χ1) is 12.1. The van der Waals surface area contributed by atoms with E-state index in [-0.39, 0.29) is 17.5 Å². The Balaban J connectivity index is 1.62. The van der Waals surface area contributed by atoms with Crippen molar-refractivity contribution >= 4 is 23.2 Å². The van der Waals surface area contributed by atoms with E-state index in [1.807, 2.05) is 18.2 Å². The predicted octanol–water partition coefficient (Wildman–Crippen LogP) is 3.09. The van der Waals surface area contributed by atoms with Crippen molar-refractivity contribution in [3.8, 4) is 0 Å². The fraction of sp³-hybridized carbons (Fsp3) is 0.316. The summed E-state index contributed by atoms with van der Waals surface area (Å²) < 4.78 is 13.1. The molecule has 0 aliphatic carbocycles. The van der Waals surface area contributed by atoms with Crippen molar-refractivity contribution in [1.82, 2.24) is 4.90 Å². The molecule has 6 heteroatoms. The summed E-state index contributed by atoms with van der Waals surface area (Å²) in [5.74, 6) is 0.0510. The molecule has 0 saturated carbocycles. The zero-order chi connectivity index (χ0) is 17.8. The number of rotatable bonds is 5. The van der Waals surface area contributed by atoms with Gasteiger partial charge in [0.15, 0.2) is 0 Å². The topological polar surface area (TPSA) is 58.4 Å². The molecule has 25 heavy (non-hydrogen) atoms. The Hall–Kier alpha value is -1.95. The lowest BCUT2D eigenvalue weighted by Gasteiger charge is -2.17. The summed E-state index contributed by atoms with van der Waals surface area (Å²) in [6.45, 7) is 2.41. The lowest BCUT2D eigenvalue weighted by atomic mass is 9.89. The molecule has 2 atom stereocenters. The highest BCUT2D eigenvalue weighted by Gasteiger charge is 2.33. The quantitative estimate of drug-likeness (QED) is 0.860. The second-order valence-corrected chi connectivity index (χ2v) is 6.79. The van der Waals surface area contributed by atoms with Crippen LogP contribution in [0.2, 0.25) is 5.02 Å². The van der Waals surface area contributed by atoms with E-state index < -0.39 is 5.82 Å². The molecule has 4 nitrogen and oxygen atoms in total. The summed E-state index contributed by atoms with van der Waals surface area (Å²) in [5.41, 5.74) is 7.60. The minimum Gasteiger partial charge on any atom is -0.330 e. The lowest BCUT2D eigenvalue weighted by molar-refractivity contribution is -0.117. The van der Waals surface area contributed by atoms with Crippen LogP contribution in [0.5, 0.6) is 0 Å². The van der Waals surface area contributed by atoms with Gasteiger partial charge < -0.3 is 11.1 Å². The number of nitrogens with zero attached hydrogens (tertiary/aromatic N) is 1. The van der Waals surface area contributed by atoms with Crippen LogP contribution in [0.1, 0.15) is 11.5 Å². The molecular formula is C19H21ClFN3O. The van der Waals surface area contributed by atoms with Crippen LogP contribution in [-0.4, -0.2) is 37.0 Å². The number of carbonyl (C=O) groups is 1. The second-order valence-electron chi connectivity index (χ2n) is 6.38. The normalized spacial score (nSPS) is 20.6.